The molecule has 0 spiro atoms. The number of nitrogens with zero attached hydrogens (tertiary/aromatic N) is 5. The van der Waals surface area contributed by atoms with Gasteiger partial charge in [-0.05, 0) is 43.4 Å². The van der Waals surface area contributed by atoms with E-state index < -0.39 is 11.7 Å². The lowest BCUT2D eigenvalue weighted by molar-refractivity contribution is -0.155. The molecule has 2 amide bonds. The van der Waals surface area contributed by atoms with Crippen LogP contribution in [-0.4, -0.2) is 77.4 Å². The van der Waals surface area contributed by atoms with E-state index in [0.717, 1.165) is 44.0 Å². The number of anilines is 1. The van der Waals surface area contributed by atoms with Crippen LogP contribution in [0.3, 0.4) is 0 Å². The third-order valence-corrected chi connectivity index (χ3v) is 8.53. The molecule has 1 aromatic rings. The zero-order chi connectivity index (χ0) is 27.7. The van der Waals surface area contributed by atoms with Crippen LogP contribution in [0.1, 0.15) is 64.4 Å². The summed E-state index contributed by atoms with van der Waals surface area (Å²) in [7, 11) is 0. The quantitative estimate of drug-likeness (QED) is 0.556. The number of hydrogen-bond acceptors (Lipinski definition) is 6. The maximum Gasteiger partial charge on any atom is 0.416 e. The lowest BCUT2D eigenvalue weighted by Crippen LogP contribution is -2.67. The smallest absolute Gasteiger partial charge is 0.368 e. The van der Waals surface area contributed by atoms with Crippen molar-refractivity contribution in [3.8, 4) is 0 Å². The predicted octanol–water partition coefficient (Wildman–Crippen LogP) is 4.08. The van der Waals surface area contributed by atoms with Gasteiger partial charge < -0.3 is 19.6 Å². The van der Waals surface area contributed by atoms with E-state index in [4.69, 9.17) is 0 Å². The van der Waals surface area contributed by atoms with Crippen LogP contribution in [0, 0.1) is 11.8 Å². The molecule has 1 aliphatic carbocycles. The summed E-state index contributed by atoms with van der Waals surface area (Å²) in [6, 6.07) is 5.47. The first-order valence-corrected chi connectivity index (χ1v) is 14.2. The molecule has 1 saturated carbocycles. The Morgan fingerprint density at radius 3 is 2.59 bits per heavy atom. The molecule has 0 aromatic heterocycles. The Hall–Kier alpha value is -2.98. The number of carbonyl (C=O) groups is 2. The average Bonchev–Trinajstić information content (AvgIpc) is 3.35. The van der Waals surface area contributed by atoms with Crippen LogP contribution in [0.15, 0.2) is 29.4 Å². The van der Waals surface area contributed by atoms with Crippen molar-refractivity contribution in [2.75, 3.05) is 37.6 Å². The van der Waals surface area contributed by atoms with Gasteiger partial charge in [0.25, 0.3) is 0 Å². The number of benzene rings is 1. The highest BCUT2D eigenvalue weighted by Gasteiger charge is 2.50. The van der Waals surface area contributed by atoms with E-state index in [0.29, 0.717) is 57.2 Å². The first-order valence-electron chi connectivity index (χ1n) is 14.2. The van der Waals surface area contributed by atoms with Crippen molar-refractivity contribution in [1.82, 2.24) is 20.1 Å². The van der Waals surface area contributed by atoms with Crippen molar-refractivity contribution in [3.05, 3.63) is 29.8 Å². The van der Waals surface area contributed by atoms with Gasteiger partial charge >= 0.3 is 6.18 Å². The van der Waals surface area contributed by atoms with Crippen LogP contribution in [0.2, 0.25) is 0 Å². The summed E-state index contributed by atoms with van der Waals surface area (Å²) in [6.07, 6.45) is 1.07. The summed E-state index contributed by atoms with van der Waals surface area (Å²) >= 11 is 0. The minimum atomic E-state index is -4.38. The number of piperazine rings is 1. The predicted molar refractivity (Wildman–Crippen MR) is 143 cm³/mol. The maximum atomic E-state index is 13.4. The number of alkyl halides is 3. The Kier molecular flexibility index (Phi) is 7.96. The molecule has 3 fully saturated rings. The van der Waals surface area contributed by atoms with Gasteiger partial charge in [0.2, 0.25) is 11.8 Å². The third kappa shape index (κ3) is 5.82. The van der Waals surface area contributed by atoms with Crippen LogP contribution in [0.4, 0.5) is 18.9 Å². The molecule has 214 valence electrons. The molecule has 5 rings (SSSR count). The first-order chi connectivity index (χ1) is 18.6. The molecule has 0 bridgehead atoms. The van der Waals surface area contributed by atoms with E-state index in [1.807, 2.05) is 9.80 Å². The highest BCUT2D eigenvalue weighted by Crippen LogP contribution is 2.38. The second-order valence-corrected chi connectivity index (χ2v) is 11.5. The molecule has 4 aliphatic rings. The monoisotopic (exact) mass is 548 g/mol. The zero-order valence-corrected chi connectivity index (χ0v) is 22.8. The van der Waals surface area contributed by atoms with Gasteiger partial charge in [-0.2, -0.15) is 18.3 Å². The van der Waals surface area contributed by atoms with Gasteiger partial charge in [-0.1, -0.05) is 32.8 Å². The second kappa shape index (κ2) is 11.3. The Bertz CT molecular complexity index is 1090. The number of amides is 2. The molecule has 3 aliphatic heterocycles. The van der Waals surface area contributed by atoms with Crippen molar-refractivity contribution < 1.29 is 22.8 Å². The van der Waals surface area contributed by atoms with E-state index in [1.165, 1.54) is 12.1 Å². The van der Waals surface area contributed by atoms with Crippen LogP contribution < -0.4 is 10.3 Å². The minimum absolute atomic E-state index is 0.0214. The van der Waals surface area contributed by atoms with Gasteiger partial charge in [0.15, 0.2) is 6.29 Å². The molecular weight excluding hydrogens is 509 g/mol. The Balaban J connectivity index is 1.18. The van der Waals surface area contributed by atoms with Gasteiger partial charge in [0, 0.05) is 57.3 Å². The number of hydrogen-bond donors (Lipinski definition) is 1. The van der Waals surface area contributed by atoms with Gasteiger partial charge in [-0.25, -0.2) is 0 Å². The Labute approximate surface area is 228 Å². The van der Waals surface area contributed by atoms with Crippen molar-refractivity contribution >= 4 is 23.3 Å². The molecule has 11 heteroatoms. The van der Waals surface area contributed by atoms with Crippen molar-refractivity contribution in [1.29, 1.82) is 0 Å². The number of halogens is 3. The van der Waals surface area contributed by atoms with Crippen molar-refractivity contribution in [2.45, 2.75) is 77.3 Å². The molecule has 39 heavy (non-hydrogen) atoms. The lowest BCUT2D eigenvalue weighted by Gasteiger charge is -2.50. The molecule has 1 aromatic carbocycles. The van der Waals surface area contributed by atoms with Crippen LogP contribution in [-0.2, 0) is 15.8 Å². The Morgan fingerprint density at radius 1 is 1.13 bits per heavy atom. The summed E-state index contributed by atoms with van der Waals surface area (Å²) in [5.41, 5.74) is 3.06. The highest BCUT2D eigenvalue weighted by molar-refractivity contribution is 5.91. The summed E-state index contributed by atoms with van der Waals surface area (Å²) in [5.74, 6) is 1.56. The molecule has 1 N–H and O–H groups in total. The summed E-state index contributed by atoms with van der Waals surface area (Å²) in [4.78, 5) is 34.4. The molecule has 3 heterocycles. The van der Waals surface area contributed by atoms with Crippen LogP contribution in [0.5, 0.6) is 0 Å². The van der Waals surface area contributed by atoms with Gasteiger partial charge in [0.1, 0.15) is 5.84 Å². The summed E-state index contributed by atoms with van der Waals surface area (Å²) < 4.78 is 39.3. The maximum absolute atomic E-state index is 13.4. The van der Waals surface area contributed by atoms with Crippen LogP contribution >= 0.6 is 0 Å². The first kappa shape index (κ1) is 27.6. The molecule has 3 unspecified atom stereocenters. The largest absolute Gasteiger partial charge is 0.416 e. The van der Waals surface area contributed by atoms with Crippen molar-refractivity contribution in [2.24, 2.45) is 16.9 Å². The van der Waals surface area contributed by atoms with E-state index in [1.54, 1.807) is 11.0 Å². The van der Waals surface area contributed by atoms with E-state index >= 15 is 0 Å². The number of hydrazone groups is 1. The fraction of sp³-hybridized carbons (Fsp3) is 0.679. The number of carbonyl (C=O) groups excluding carboxylic acids is 2. The zero-order valence-electron chi connectivity index (χ0n) is 22.8. The minimum Gasteiger partial charge on any atom is -0.368 e. The lowest BCUT2D eigenvalue weighted by atomic mass is 9.80. The highest BCUT2D eigenvalue weighted by atomic mass is 19.4. The van der Waals surface area contributed by atoms with Gasteiger partial charge in [-0.15, -0.1) is 0 Å². The molecule has 3 atom stereocenters. The topological polar surface area (TPSA) is 71.5 Å². The van der Waals surface area contributed by atoms with E-state index in [2.05, 4.69) is 29.3 Å². The summed E-state index contributed by atoms with van der Waals surface area (Å²) in [5, 5.41) is 4.61. The fourth-order valence-electron chi connectivity index (χ4n) is 6.34. The SMILES string of the molecule is CC(C)CCN1C(=O)C2CCCCC2N2C(CCC(=O)N3CCN(c4cccc(C(F)(F)F)c4)CC3)=NNC12. The molecular formula is C28H39F3N6O2. The molecule has 2 saturated heterocycles. The number of nitrogens with one attached hydrogen (secondary N) is 1. The fourth-order valence-corrected chi connectivity index (χ4v) is 6.34. The second-order valence-electron chi connectivity index (χ2n) is 11.5. The standard InChI is InChI=1S/C28H39F3N6O2/c1-19(2)12-13-36-26(39)22-8-3-4-9-23(22)37-24(32-33-27(36)37)10-11-25(38)35-16-14-34(15-17-35)21-7-5-6-20(18-21)28(29,30)31/h5-7,18-19,22-23,27,33H,3-4,8-17H2,1-2H3. The number of amidine groups is 1. The van der Waals surface area contributed by atoms with Crippen LogP contribution in [0.25, 0.3) is 0 Å². The average molecular weight is 549 g/mol. The number of rotatable bonds is 7. The summed E-state index contributed by atoms with van der Waals surface area (Å²) in [6.45, 7) is 6.91. The van der Waals surface area contributed by atoms with E-state index in [9.17, 15) is 22.8 Å². The molecule has 0 radical (unpaired) electrons. The number of fused-ring (bicyclic) bond motifs is 3. The van der Waals surface area contributed by atoms with Gasteiger partial charge in [-0.3, -0.25) is 15.0 Å². The normalized spacial score (nSPS) is 25.4. The van der Waals surface area contributed by atoms with E-state index in [-0.39, 0.29) is 30.1 Å². The third-order valence-electron chi connectivity index (χ3n) is 8.53. The molecule has 8 nitrogen and oxygen atoms in total. The van der Waals surface area contributed by atoms with Gasteiger partial charge in [0.05, 0.1) is 11.5 Å². The Morgan fingerprint density at radius 2 is 1.87 bits per heavy atom. The van der Waals surface area contributed by atoms with Crippen molar-refractivity contribution in [3.63, 3.8) is 0 Å².